The van der Waals surface area contributed by atoms with Crippen LogP contribution in [0, 0.1) is 0 Å². The first-order valence-corrected chi connectivity index (χ1v) is 6.70. The Morgan fingerprint density at radius 2 is 1.89 bits per heavy atom. The molecule has 3 nitrogen and oxygen atoms in total. The van der Waals surface area contributed by atoms with Gasteiger partial charge in [0, 0.05) is 24.8 Å². The SMILES string of the molecule is NC1CCN(c2ccc(OC(F)(F)F)c(Br)c2)CC1. The third kappa shape index (κ3) is 4.01. The molecule has 0 unspecified atom stereocenters. The molecule has 1 heterocycles. The quantitative estimate of drug-likeness (QED) is 0.899. The molecule has 0 aliphatic carbocycles. The van der Waals surface area contributed by atoms with E-state index >= 15 is 0 Å². The van der Waals surface area contributed by atoms with Crippen LogP contribution in [-0.4, -0.2) is 25.5 Å². The Morgan fingerprint density at radius 1 is 1.26 bits per heavy atom. The molecule has 106 valence electrons. The molecule has 0 spiro atoms. The lowest BCUT2D eigenvalue weighted by atomic mass is 10.1. The minimum Gasteiger partial charge on any atom is -0.405 e. The van der Waals surface area contributed by atoms with Crippen molar-refractivity contribution < 1.29 is 17.9 Å². The van der Waals surface area contributed by atoms with Gasteiger partial charge in [-0.25, -0.2) is 0 Å². The highest BCUT2D eigenvalue weighted by Gasteiger charge is 2.32. The fourth-order valence-corrected chi connectivity index (χ4v) is 2.50. The van der Waals surface area contributed by atoms with E-state index in [0.29, 0.717) is 0 Å². The Kier molecular flexibility index (Phi) is 4.25. The van der Waals surface area contributed by atoms with Gasteiger partial charge in [0.25, 0.3) is 0 Å². The third-order valence-electron chi connectivity index (χ3n) is 3.05. The predicted molar refractivity (Wildman–Crippen MR) is 70.2 cm³/mol. The zero-order valence-electron chi connectivity index (χ0n) is 10.1. The van der Waals surface area contributed by atoms with E-state index in [0.717, 1.165) is 31.6 Å². The van der Waals surface area contributed by atoms with Crippen molar-refractivity contribution in [3.05, 3.63) is 22.7 Å². The Bertz CT molecular complexity index is 445. The largest absolute Gasteiger partial charge is 0.573 e. The normalized spacial score (nSPS) is 17.6. The number of nitrogens with zero attached hydrogens (tertiary/aromatic N) is 1. The van der Waals surface area contributed by atoms with Gasteiger partial charge >= 0.3 is 6.36 Å². The van der Waals surface area contributed by atoms with Gasteiger partial charge in [-0.15, -0.1) is 13.2 Å². The fraction of sp³-hybridized carbons (Fsp3) is 0.500. The molecule has 0 bridgehead atoms. The first-order chi connectivity index (χ1) is 8.85. The Morgan fingerprint density at radius 3 is 2.42 bits per heavy atom. The number of piperidine rings is 1. The van der Waals surface area contributed by atoms with Gasteiger partial charge in [0.2, 0.25) is 0 Å². The average molecular weight is 339 g/mol. The van der Waals surface area contributed by atoms with Crippen molar-refractivity contribution in [3.63, 3.8) is 0 Å². The first kappa shape index (κ1) is 14.5. The van der Waals surface area contributed by atoms with Gasteiger partial charge in [0.15, 0.2) is 0 Å². The van der Waals surface area contributed by atoms with Crippen molar-refractivity contribution in [2.24, 2.45) is 5.73 Å². The second-order valence-electron chi connectivity index (χ2n) is 4.49. The third-order valence-corrected chi connectivity index (χ3v) is 3.67. The number of hydrogen-bond donors (Lipinski definition) is 1. The van der Waals surface area contributed by atoms with E-state index in [1.807, 2.05) is 0 Å². The molecular formula is C12H14BrF3N2O. The monoisotopic (exact) mass is 338 g/mol. The fourth-order valence-electron chi connectivity index (χ4n) is 2.05. The summed E-state index contributed by atoms with van der Waals surface area (Å²) in [7, 11) is 0. The van der Waals surface area contributed by atoms with Crippen LogP contribution in [0.4, 0.5) is 18.9 Å². The summed E-state index contributed by atoms with van der Waals surface area (Å²) in [6.07, 6.45) is -2.90. The Labute approximate surface area is 117 Å². The topological polar surface area (TPSA) is 38.5 Å². The zero-order valence-corrected chi connectivity index (χ0v) is 11.7. The van der Waals surface area contributed by atoms with Gasteiger partial charge < -0.3 is 15.4 Å². The maximum atomic E-state index is 12.2. The lowest BCUT2D eigenvalue weighted by molar-refractivity contribution is -0.274. The van der Waals surface area contributed by atoms with Crippen molar-refractivity contribution in [2.45, 2.75) is 25.2 Å². The molecule has 1 aliphatic rings. The van der Waals surface area contributed by atoms with Crippen molar-refractivity contribution in [3.8, 4) is 5.75 Å². The molecule has 1 saturated heterocycles. The Hall–Kier alpha value is -0.950. The number of hydrogen-bond acceptors (Lipinski definition) is 3. The van der Waals surface area contributed by atoms with Crippen LogP contribution in [0.2, 0.25) is 0 Å². The summed E-state index contributed by atoms with van der Waals surface area (Å²) in [5, 5.41) is 0. The molecule has 2 N–H and O–H groups in total. The van der Waals surface area contributed by atoms with E-state index in [4.69, 9.17) is 5.73 Å². The van der Waals surface area contributed by atoms with Crippen LogP contribution in [0.15, 0.2) is 22.7 Å². The summed E-state index contributed by atoms with van der Waals surface area (Å²) < 4.78 is 40.7. The van der Waals surface area contributed by atoms with Gasteiger partial charge in [-0.2, -0.15) is 0 Å². The molecule has 2 rings (SSSR count). The van der Waals surface area contributed by atoms with E-state index in [-0.39, 0.29) is 16.3 Å². The Balaban J connectivity index is 2.10. The highest BCUT2D eigenvalue weighted by molar-refractivity contribution is 9.10. The van der Waals surface area contributed by atoms with Crippen molar-refractivity contribution in [1.82, 2.24) is 0 Å². The van der Waals surface area contributed by atoms with Crippen LogP contribution in [0.3, 0.4) is 0 Å². The number of alkyl halides is 3. The maximum Gasteiger partial charge on any atom is 0.573 e. The molecular weight excluding hydrogens is 325 g/mol. The van der Waals surface area contributed by atoms with E-state index in [9.17, 15) is 13.2 Å². The van der Waals surface area contributed by atoms with Gasteiger partial charge in [-0.3, -0.25) is 0 Å². The van der Waals surface area contributed by atoms with Gasteiger partial charge in [0.05, 0.1) is 4.47 Å². The van der Waals surface area contributed by atoms with Crippen molar-refractivity contribution in [1.29, 1.82) is 0 Å². The molecule has 0 atom stereocenters. The minimum atomic E-state index is -4.68. The van der Waals surface area contributed by atoms with Crippen LogP contribution in [0.25, 0.3) is 0 Å². The molecule has 0 radical (unpaired) electrons. The van der Waals surface area contributed by atoms with Crippen LogP contribution in [0.1, 0.15) is 12.8 Å². The second-order valence-corrected chi connectivity index (χ2v) is 5.34. The van der Waals surface area contributed by atoms with Crippen LogP contribution < -0.4 is 15.4 Å². The molecule has 0 aromatic heterocycles. The first-order valence-electron chi connectivity index (χ1n) is 5.91. The van der Waals surface area contributed by atoms with E-state index in [2.05, 4.69) is 25.6 Å². The van der Waals surface area contributed by atoms with Gasteiger partial charge in [-0.05, 0) is 47.0 Å². The predicted octanol–water partition coefficient (Wildman–Crippen LogP) is 3.28. The summed E-state index contributed by atoms with van der Waals surface area (Å²) >= 11 is 3.10. The van der Waals surface area contributed by atoms with Crippen LogP contribution in [0.5, 0.6) is 5.75 Å². The summed E-state index contributed by atoms with van der Waals surface area (Å²) in [6, 6.07) is 4.80. The highest BCUT2D eigenvalue weighted by atomic mass is 79.9. The van der Waals surface area contributed by atoms with Gasteiger partial charge in [-0.1, -0.05) is 0 Å². The summed E-state index contributed by atoms with van der Waals surface area (Å²) in [6.45, 7) is 1.63. The smallest absolute Gasteiger partial charge is 0.405 e. The standard InChI is InChI=1S/C12H14BrF3N2O/c13-10-7-9(18-5-3-8(17)4-6-18)1-2-11(10)19-12(14,15)16/h1-2,7-8H,3-6,17H2. The number of anilines is 1. The molecule has 1 fully saturated rings. The molecule has 19 heavy (non-hydrogen) atoms. The molecule has 1 aromatic carbocycles. The maximum absolute atomic E-state index is 12.2. The van der Waals surface area contributed by atoms with E-state index in [1.165, 1.54) is 6.07 Å². The lowest BCUT2D eigenvalue weighted by Crippen LogP contribution is -2.39. The molecule has 7 heteroatoms. The minimum absolute atomic E-state index is 0.215. The number of benzene rings is 1. The zero-order chi connectivity index (χ0) is 14.0. The van der Waals surface area contributed by atoms with Crippen molar-refractivity contribution in [2.75, 3.05) is 18.0 Å². The van der Waals surface area contributed by atoms with E-state index in [1.54, 1.807) is 12.1 Å². The lowest BCUT2D eigenvalue weighted by Gasteiger charge is -2.32. The second kappa shape index (κ2) is 5.58. The van der Waals surface area contributed by atoms with Gasteiger partial charge in [0.1, 0.15) is 5.75 Å². The van der Waals surface area contributed by atoms with E-state index < -0.39 is 6.36 Å². The number of halogens is 4. The van der Waals surface area contributed by atoms with Crippen LogP contribution in [-0.2, 0) is 0 Å². The highest BCUT2D eigenvalue weighted by Crippen LogP contribution is 2.34. The number of ether oxygens (including phenoxy) is 1. The van der Waals surface area contributed by atoms with Crippen LogP contribution >= 0.6 is 15.9 Å². The molecule has 0 saturated carbocycles. The molecule has 1 aromatic rings. The molecule has 0 amide bonds. The summed E-state index contributed by atoms with van der Waals surface area (Å²) in [4.78, 5) is 2.10. The summed E-state index contributed by atoms with van der Waals surface area (Å²) in [5.41, 5.74) is 6.69. The average Bonchev–Trinajstić information content (AvgIpc) is 2.31. The molecule has 1 aliphatic heterocycles. The number of nitrogens with two attached hydrogens (primary N) is 1. The van der Waals surface area contributed by atoms with Crippen molar-refractivity contribution >= 4 is 21.6 Å². The number of rotatable bonds is 2. The summed E-state index contributed by atoms with van der Waals surface area (Å²) in [5.74, 6) is -0.232.